The summed E-state index contributed by atoms with van der Waals surface area (Å²) in [6.45, 7) is 14.2. The van der Waals surface area contributed by atoms with Crippen molar-refractivity contribution in [2.75, 3.05) is 92.5 Å². The van der Waals surface area contributed by atoms with Gasteiger partial charge in [0.2, 0.25) is 0 Å². The second-order valence-electron chi connectivity index (χ2n) is 9.63. The zero-order valence-corrected chi connectivity index (χ0v) is 24.9. The van der Waals surface area contributed by atoms with E-state index in [1.54, 1.807) is 6.08 Å². The van der Waals surface area contributed by atoms with Crippen LogP contribution >= 0.6 is 0 Å². The van der Waals surface area contributed by atoms with Crippen molar-refractivity contribution in [3.05, 3.63) is 12.7 Å². The minimum absolute atomic E-state index is 0.554. The molecule has 0 saturated heterocycles. The Kier molecular flexibility index (Phi) is 35.9. The number of hydrogen-bond donors (Lipinski definition) is 0. The number of hydrogen-bond acceptors (Lipinski definition) is 7. The highest BCUT2D eigenvalue weighted by molar-refractivity contribution is 4.63. The van der Waals surface area contributed by atoms with Crippen molar-refractivity contribution in [3.63, 3.8) is 0 Å². The SMILES string of the molecule is C=CCOCCOCCOCCOCCOCCOCCOCCCCCCCCCCCCCCCC. The summed E-state index contributed by atoms with van der Waals surface area (Å²) >= 11 is 0. The molecule has 0 aromatic carbocycles. The van der Waals surface area contributed by atoms with Crippen molar-refractivity contribution in [1.82, 2.24) is 0 Å². The quantitative estimate of drug-likeness (QED) is 0.0642. The molecule has 0 radical (unpaired) electrons. The van der Waals surface area contributed by atoms with Crippen molar-refractivity contribution in [3.8, 4) is 0 Å². The zero-order chi connectivity index (χ0) is 27.5. The fourth-order valence-corrected chi connectivity index (χ4v) is 3.88. The highest BCUT2D eigenvalue weighted by Crippen LogP contribution is 2.12. The van der Waals surface area contributed by atoms with Crippen molar-refractivity contribution in [1.29, 1.82) is 0 Å². The lowest BCUT2D eigenvalue weighted by atomic mass is 10.0. The van der Waals surface area contributed by atoms with Crippen molar-refractivity contribution in [2.45, 2.75) is 96.8 Å². The van der Waals surface area contributed by atoms with Gasteiger partial charge in [-0.05, 0) is 6.42 Å². The molecule has 0 heterocycles. The summed E-state index contributed by atoms with van der Waals surface area (Å²) in [6, 6.07) is 0. The summed E-state index contributed by atoms with van der Waals surface area (Å²) in [4.78, 5) is 0. The van der Waals surface area contributed by atoms with E-state index in [1.807, 2.05) is 0 Å². The molecule has 0 bridgehead atoms. The van der Waals surface area contributed by atoms with E-state index in [2.05, 4.69) is 13.5 Å². The molecule has 0 aliphatic heterocycles. The molecule has 38 heavy (non-hydrogen) atoms. The second-order valence-corrected chi connectivity index (χ2v) is 9.63. The Labute approximate surface area is 235 Å². The number of unbranched alkanes of at least 4 members (excludes halogenated alkanes) is 13. The van der Waals surface area contributed by atoms with Gasteiger partial charge >= 0.3 is 0 Å². The molecule has 0 atom stereocenters. The van der Waals surface area contributed by atoms with Gasteiger partial charge in [0.05, 0.1) is 85.9 Å². The van der Waals surface area contributed by atoms with Gasteiger partial charge in [-0.2, -0.15) is 0 Å². The van der Waals surface area contributed by atoms with Gasteiger partial charge in [0.1, 0.15) is 0 Å². The molecule has 0 unspecified atom stereocenters. The van der Waals surface area contributed by atoms with Gasteiger partial charge in [0.25, 0.3) is 0 Å². The molecule has 0 aliphatic carbocycles. The lowest BCUT2D eigenvalue weighted by Crippen LogP contribution is -2.14. The predicted octanol–water partition coefficient (Wildman–Crippen LogP) is 6.77. The lowest BCUT2D eigenvalue weighted by molar-refractivity contribution is -0.0198. The van der Waals surface area contributed by atoms with Crippen LogP contribution < -0.4 is 0 Å². The van der Waals surface area contributed by atoms with E-state index in [-0.39, 0.29) is 0 Å². The molecule has 7 nitrogen and oxygen atoms in total. The predicted molar refractivity (Wildman–Crippen MR) is 156 cm³/mol. The summed E-state index contributed by atoms with van der Waals surface area (Å²) in [5, 5.41) is 0. The topological polar surface area (TPSA) is 64.6 Å². The fourth-order valence-electron chi connectivity index (χ4n) is 3.88. The van der Waals surface area contributed by atoms with Gasteiger partial charge < -0.3 is 33.2 Å². The Morgan fingerprint density at radius 3 is 0.921 bits per heavy atom. The maximum absolute atomic E-state index is 5.66. The van der Waals surface area contributed by atoms with Crippen LogP contribution in [-0.2, 0) is 33.2 Å². The van der Waals surface area contributed by atoms with Crippen molar-refractivity contribution >= 4 is 0 Å². The molecule has 0 aromatic rings. The van der Waals surface area contributed by atoms with Crippen LogP contribution in [0.3, 0.4) is 0 Å². The highest BCUT2D eigenvalue weighted by Gasteiger charge is 1.96. The first-order valence-electron chi connectivity index (χ1n) is 15.6. The third-order valence-electron chi connectivity index (χ3n) is 6.11. The van der Waals surface area contributed by atoms with E-state index in [4.69, 9.17) is 33.2 Å². The van der Waals surface area contributed by atoms with Crippen LogP contribution in [0.5, 0.6) is 0 Å². The Morgan fingerprint density at radius 1 is 0.342 bits per heavy atom. The minimum atomic E-state index is 0.554. The standard InChI is InChI=1S/C31H62O7/c1-3-5-6-7-8-9-10-11-12-13-14-15-16-17-19-33-21-23-35-25-27-37-29-31-38-30-28-36-26-24-34-22-20-32-18-4-2/h4H,2-3,5-31H2,1H3. The monoisotopic (exact) mass is 546 g/mol. The Morgan fingerprint density at radius 2 is 0.605 bits per heavy atom. The molecule has 0 amide bonds. The molecule has 0 spiro atoms. The Bertz CT molecular complexity index is 423. The molecular weight excluding hydrogens is 484 g/mol. The van der Waals surface area contributed by atoms with E-state index in [9.17, 15) is 0 Å². The molecule has 228 valence electrons. The summed E-state index contributed by atoms with van der Waals surface area (Å²) in [5.41, 5.74) is 0. The van der Waals surface area contributed by atoms with Gasteiger partial charge in [0.15, 0.2) is 0 Å². The van der Waals surface area contributed by atoms with Crippen molar-refractivity contribution in [2.24, 2.45) is 0 Å². The average Bonchev–Trinajstić information content (AvgIpc) is 2.93. The molecule has 7 heteroatoms. The second kappa shape index (κ2) is 36.5. The minimum Gasteiger partial charge on any atom is -0.379 e. The van der Waals surface area contributed by atoms with E-state index < -0.39 is 0 Å². The number of rotatable bonds is 35. The van der Waals surface area contributed by atoms with Crippen molar-refractivity contribution < 1.29 is 33.2 Å². The third kappa shape index (κ3) is 35.5. The smallest absolute Gasteiger partial charge is 0.0704 e. The maximum Gasteiger partial charge on any atom is 0.0704 e. The number of ether oxygens (including phenoxy) is 7. The van der Waals surface area contributed by atoms with Crippen LogP contribution in [0.25, 0.3) is 0 Å². The van der Waals surface area contributed by atoms with E-state index >= 15 is 0 Å². The zero-order valence-electron chi connectivity index (χ0n) is 24.9. The lowest BCUT2D eigenvalue weighted by Gasteiger charge is -2.08. The van der Waals surface area contributed by atoms with Crippen LogP contribution in [0.15, 0.2) is 12.7 Å². The van der Waals surface area contributed by atoms with Crippen LogP contribution in [-0.4, -0.2) is 92.5 Å². The van der Waals surface area contributed by atoms with Gasteiger partial charge in [-0.15, -0.1) is 6.58 Å². The summed E-state index contributed by atoms with van der Waals surface area (Å²) in [5.74, 6) is 0. The molecule has 0 N–H and O–H groups in total. The molecule has 0 aromatic heterocycles. The summed E-state index contributed by atoms with van der Waals surface area (Å²) in [6.07, 6.45) is 21.1. The van der Waals surface area contributed by atoms with Crippen LogP contribution in [0.2, 0.25) is 0 Å². The van der Waals surface area contributed by atoms with Gasteiger partial charge in [-0.3, -0.25) is 0 Å². The third-order valence-corrected chi connectivity index (χ3v) is 6.11. The Hall–Kier alpha value is -0.540. The highest BCUT2D eigenvalue weighted by atomic mass is 16.6. The molecule has 0 rings (SSSR count). The molecule has 0 fully saturated rings. The average molecular weight is 547 g/mol. The van der Waals surface area contributed by atoms with Gasteiger partial charge in [-0.1, -0.05) is 96.5 Å². The molecule has 0 aliphatic rings. The van der Waals surface area contributed by atoms with E-state index in [1.165, 1.54) is 83.5 Å². The van der Waals surface area contributed by atoms with Crippen LogP contribution in [0, 0.1) is 0 Å². The first kappa shape index (κ1) is 37.5. The van der Waals surface area contributed by atoms with Gasteiger partial charge in [0, 0.05) is 6.61 Å². The maximum atomic E-state index is 5.66. The first-order valence-corrected chi connectivity index (χ1v) is 15.6. The largest absolute Gasteiger partial charge is 0.379 e. The summed E-state index contributed by atoms with van der Waals surface area (Å²) in [7, 11) is 0. The van der Waals surface area contributed by atoms with Crippen LogP contribution in [0.4, 0.5) is 0 Å². The first-order chi connectivity index (χ1) is 18.9. The molecular formula is C31H62O7. The van der Waals surface area contributed by atoms with E-state index in [0.29, 0.717) is 85.9 Å². The van der Waals surface area contributed by atoms with E-state index in [0.717, 1.165) is 13.0 Å². The summed E-state index contributed by atoms with van der Waals surface area (Å²) < 4.78 is 38.2. The Balaban J connectivity index is 3.01. The normalized spacial score (nSPS) is 11.4. The molecule has 0 saturated carbocycles. The fraction of sp³-hybridized carbons (Fsp3) is 0.935. The van der Waals surface area contributed by atoms with Gasteiger partial charge in [-0.25, -0.2) is 0 Å². The van der Waals surface area contributed by atoms with Crippen LogP contribution in [0.1, 0.15) is 96.8 Å².